The molecule has 0 aliphatic heterocycles. The van der Waals surface area contributed by atoms with Crippen molar-refractivity contribution in [3.05, 3.63) is 107 Å². The Kier molecular flexibility index (Phi) is 9.47. The first-order valence-corrected chi connectivity index (χ1v) is 11.5. The Morgan fingerprint density at radius 2 is 1.53 bits per heavy atom. The van der Waals surface area contributed by atoms with E-state index in [0.717, 1.165) is 41.7 Å². The van der Waals surface area contributed by atoms with Crippen molar-refractivity contribution in [1.29, 1.82) is 0 Å². The molecule has 0 aromatic heterocycles. The second-order valence-corrected chi connectivity index (χ2v) is 8.28. The summed E-state index contributed by atoms with van der Waals surface area (Å²) in [7, 11) is 0. The number of aliphatic carboxylic acids is 1. The first-order chi connectivity index (χ1) is 16.5. The predicted molar refractivity (Wildman–Crippen MR) is 133 cm³/mol. The number of hydrogen-bond donors (Lipinski definition) is 2. The zero-order valence-corrected chi connectivity index (χ0v) is 19.1. The number of carboxylic acid groups (broad SMARTS) is 2. The van der Waals surface area contributed by atoms with Crippen LogP contribution >= 0.6 is 0 Å². The molecule has 176 valence electrons. The zero-order valence-electron chi connectivity index (χ0n) is 19.1. The molecule has 3 aromatic rings. The highest BCUT2D eigenvalue weighted by Gasteiger charge is 2.10. The van der Waals surface area contributed by atoms with E-state index in [9.17, 15) is 9.59 Å². The first-order valence-electron chi connectivity index (χ1n) is 11.5. The van der Waals surface area contributed by atoms with Gasteiger partial charge in [-0.25, -0.2) is 4.79 Å². The smallest absolute Gasteiger partial charge is 0.335 e. The maximum Gasteiger partial charge on any atom is 0.335 e. The minimum Gasteiger partial charge on any atom is -0.488 e. The molecule has 0 bridgehead atoms. The number of ether oxygens (including phenoxy) is 1. The van der Waals surface area contributed by atoms with E-state index < -0.39 is 11.9 Å². The van der Waals surface area contributed by atoms with Crippen molar-refractivity contribution < 1.29 is 24.5 Å². The van der Waals surface area contributed by atoms with Crippen LogP contribution in [-0.2, 0) is 17.8 Å². The van der Waals surface area contributed by atoms with Gasteiger partial charge in [-0.1, -0.05) is 79.2 Å². The summed E-state index contributed by atoms with van der Waals surface area (Å²) in [6.07, 6.45) is 7.41. The van der Waals surface area contributed by atoms with Gasteiger partial charge in [0.1, 0.15) is 12.4 Å². The Balaban J connectivity index is 1.70. The molecule has 0 heterocycles. The number of aromatic carboxylic acids is 1. The second-order valence-electron chi connectivity index (χ2n) is 8.28. The number of para-hydroxylation sites is 1. The summed E-state index contributed by atoms with van der Waals surface area (Å²) in [5, 5.41) is 18.1. The topological polar surface area (TPSA) is 83.8 Å². The second kappa shape index (κ2) is 13.0. The summed E-state index contributed by atoms with van der Waals surface area (Å²) in [5.41, 5.74) is 3.39. The van der Waals surface area contributed by atoms with Crippen LogP contribution in [0.4, 0.5) is 0 Å². The molecule has 0 fully saturated rings. The first kappa shape index (κ1) is 24.8. The van der Waals surface area contributed by atoms with Crippen molar-refractivity contribution in [3.8, 4) is 5.75 Å². The van der Waals surface area contributed by atoms with Gasteiger partial charge in [0.05, 0.1) is 5.56 Å². The molecule has 1 unspecified atom stereocenters. The predicted octanol–water partition coefficient (Wildman–Crippen LogP) is 6.48. The van der Waals surface area contributed by atoms with E-state index in [-0.39, 0.29) is 17.9 Å². The molecule has 34 heavy (non-hydrogen) atoms. The van der Waals surface area contributed by atoms with Crippen molar-refractivity contribution in [1.82, 2.24) is 0 Å². The van der Waals surface area contributed by atoms with Crippen LogP contribution in [0, 0.1) is 5.92 Å². The number of unbranched alkanes of at least 4 members (excludes halogenated alkanes) is 1. The summed E-state index contributed by atoms with van der Waals surface area (Å²) in [6, 6.07) is 24.8. The molecule has 0 spiro atoms. The molecule has 0 saturated heterocycles. The lowest BCUT2D eigenvalue weighted by Gasteiger charge is -2.14. The van der Waals surface area contributed by atoms with E-state index in [1.165, 1.54) is 0 Å². The fraction of sp³-hybridized carbons (Fsp3) is 0.241. The minimum absolute atomic E-state index is 0.167. The molecule has 5 heteroatoms. The lowest BCUT2D eigenvalue weighted by atomic mass is 9.92. The number of benzene rings is 3. The van der Waals surface area contributed by atoms with Crippen LogP contribution in [0.3, 0.4) is 0 Å². The van der Waals surface area contributed by atoms with Gasteiger partial charge in [0.15, 0.2) is 0 Å². The van der Waals surface area contributed by atoms with E-state index in [1.54, 1.807) is 12.1 Å². The van der Waals surface area contributed by atoms with Crippen molar-refractivity contribution >= 4 is 18.0 Å². The summed E-state index contributed by atoms with van der Waals surface area (Å²) in [5.74, 6) is -0.727. The van der Waals surface area contributed by atoms with Gasteiger partial charge in [0, 0.05) is 12.0 Å². The summed E-state index contributed by atoms with van der Waals surface area (Å²) in [6.45, 7) is 0.486. The fourth-order valence-electron chi connectivity index (χ4n) is 3.76. The van der Waals surface area contributed by atoms with Crippen LogP contribution in [0.1, 0.15) is 52.7 Å². The third-order valence-electron chi connectivity index (χ3n) is 5.62. The van der Waals surface area contributed by atoms with Gasteiger partial charge in [-0.05, 0) is 54.5 Å². The molecular formula is C29H30O5. The number of hydrogen-bond acceptors (Lipinski definition) is 3. The van der Waals surface area contributed by atoms with Gasteiger partial charge in [-0.2, -0.15) is 0 Å². The van der Waals surface area contributed by atoms with Crippen molar-refractivity contribution in [2.75, 3.05) is 0 Å². The largest absolute Gasteiger partial charge is 0.488 e. The quantitative estimate of drug-likeness (QED) is 0.286. The van der Waals surface area contributed by atoms with E-state index in [2.05, 4.69) is 12.2 Å². The van der Waals surface area contributed by atoms with Crippen LogP contribution < -0.4 is 4.74 Å². The van der Waals surface area contributed by atoms with Gasteiger partial charge >= 0.3 is 11.9 Å². The average Bonchev–Trinajstić information content (AvgIpc) is 2.85. The summed E-state index contributed by atoms with van der Waals surface area (Å²) in [4.78, 5) is 22.0. The summed E-state index contributed by atoms with van der Waals surface area (Å²) < 4.78 is 6.06. The molecule has 1 atom stereocenters. The molecule has 0 saturated carbocycles. The minimum atomic E-state index is -0.941. The highest BCUT2D eigenvalue weighted by atomic mass is 16.5. The molecule has 3 rings (SSSR count). The van der Waals surface area contributed by atoms with Gasteiger partial charge in [-0.15, -0.1) is 0 Å². The third-order valence-corrected chi connectivity index (χ3v) is 5.62. The Labute approximate surface area is 200 Å². The lowest BCUT2D eigenvalue weighted by Crippen LogP contribution is -2.04. The SMILES string of the molecule is O=C(O)CCCCC(C=Cc1ccccc1OCc1ccccc1)Cc1ccc(C(=O)O)cc1. The Morgan fingerprint density at radius 1 is 0.824 bits per heavy atom. The third kappa shape index (κ3) is 8.24. The van der Waals surface area contributed by atoms with Crippen LogP contribution in [0.2, 0.25) is 0 Å². The van der Waals surface area contributed by atoms with Gasteiger partial charge < -0.3 is 14.9 Å². The monoisotopic (exact) mass is 458 g/mol. The van der Waals surface area contributed by atoms with Crippen LogP contribution in [0.15, 0.2) is 84.9 Å². The van der Waals surface area contributed by atoms with Crippen LogP contribution in [0.25, 0.3) is 6.08 Å². The van der Waals surface area contributed by atoms with Crippen LogP contribution in [-0.4, -0.2) is 22.2 Å². The van der Waals surface area contributed by atoms with E-state index in [0.29, 0.717) is 13.0 Å². The lowest BCUT2D eigenvalue weighted by molar-refractivity contribution is -0.137. The molecule has 0 radical (unpaired) electrons. The fourth-order valence-corrected chi connectivity index (χ4v) is 3.76. The molecular weight excluding hydrogens is 428 g/mol. The maximum atomic E-state index is 11.1. The zero-order chi connectivity index (χ0) is 24.2. The van der Waals surface area contributed by atoms with Gasteiger partial charge in [-0.3, -0.25) is 4.79 Å². The van der Waals surface area contributed by atoms with Crippen LogP contribution in [0.5, 0.6) is 5.75 Å². The molecule has 2 N–H and O–H groups in total. The van der Waals surface area contributed by atoms with E-state index >= 15 is 0 Å². The molecule has 0 amide bonds. The summed E-state index contributed by atoms with van der Waals surface area (Å²) >= 11 is 0. The number of rotatable bonds is 13. The standard InChI is InChI=1S/C29H30O5/c30-28(31)13-7-4-8-22(20-23-15-18-26(19-16-23)29(32)33)14-17-25-11-5-6-12-27(25)34-21-24-9-2-1-3-10-24/h1-3,5-6,9-12,14-19,22H,4,7-8,13,20-21H2,(H,30,31)(H,32,33). The normalized spacial score (nSPS) is 11.9. The maximum absolute atomic E-state index is 11.1. The molecule has 5 nitrogen and oxygen atoms in total. The van der Waals surface area contributed by atoms with Crippen molar-refractivity contribution in [2.24, 2.45) is 5.92 Å². The number of carbonyl (C=O) groups is 2. The van der Waals surface area contributed by atoms with E-state index in [4.69, 9.17) is 14.9 Å². The Morgan fingerprint density at radius 3 is 2.24 bits per heavy atom. The average molecular weight is 459 g/mol. The molecule has 3 aromatic carbocycles. The molecule has 0 aliphatic carbocycles. The van der Waals surface area contributed by atoms with Crippen molar-refractivity contribution in [2.45, 2.75) is 38.7 Å². The van der Waals surface area contributed by atoms with E-state index in [1.807, 2.05) is 66.7 Å². The Hall–Kier alpha value is -3.86. The van der Waals surface area contributed by atoms with Gasteiger partial charge in [0.25, 0.3) is 0 Å². The number of allylic oxidation sites excluding steroid dienone is 1. The van der Waals surface area contributed by atoms with Crippen molar-refractivity contribution in [3.63, 3.8) is 0 Å². The Bertz CT molecular complexity index is 1090. The molecule has 0 aliphatic rings. The van der Waals surface area contributed by atoms with Gasteiger partial charge in [0.2, 0.25) is 0 Å². The highest BCUT2D eigenvalue weighted by molar-refractivity contribution is 5.87. The number of carboxylic acids is 2. The highest BCUT2D eigenvalue weighted by Crippen LogP contribution is 2.24.